The number of hydrogen-bond acceptors (Lipinski definition) is 6. The molecular formula is C32H43F3N8O5. The van der Waals surface area contributed by atoms with Crippen molar-refractivity contribution in [2.75, 3.05) is 6.54 Å². The van der Waals surface area contributed by atoms with Crippen LogP contribution in [0.4, 0.5) is 13.2 Å². The van der Waals surface area contributed by atoms with Crippen LogP contribution in [0.5, 0.6) is 0 Å². The van der Waals surface area contributed by atoms with Crippen LogP contribution in [0.15, 0.2) is 59.6 Å². The van der Waals surface area contributed by atoms with Crippen molar-refractivity contribution in [1.82, 2.24) is 10.6 Å². The number of hydrogen-bond donors (Lipinski definition) is 8. The van der Waals surface area contributed by atoms with Gasteiger partial charge in [-0.15, -0.1) is 0 Å². The van der Waals surface area contributed by atoms with Crippen molar-refractivity contribution in [3.05, 3.63) is 71.3 Å². The Morgan fingerprint density at radius 1 is 0.896 bits per heavy atom. The molecule has 262 valence electrons. The second-order valence-electron chi connectivity index (χ2n) is 11.4. The first-order valence-corrected chi connectivity index (χ1v) is 15.3. The number of nitrogens with one attached hydrogen (secondary N) is 3. The molecule has 0 aromatic heterocycles. The molecule has 2 aromatic carbocycles. The van der Waals surface area contributed by atoms with Gasteiger partial charge in [-0.1, -0.05) is 73.9 Å². The fourth-order valence-electron chi connectivity index (χ4n) is 5.32. The maximum Gasteiger partial charge on any atom is 0.490 e. The summed E-state index contributed by atoms with van der Waals surface area (Å²) in [6, 6.07) is 14.3. The van der Waals surface area contributed by atoms with E-state index in [4.69, 9.17) is 38.2 Å². The van der Waals surface area contributed by atoms with Gasteiger partial charge in [-0.05, 0) is 49.1 Å². The number of benzene rings is 2. The van der Waals surface area contributed by atoms with Gasteiger partial charge in [-0.25, -0.2) is 4.79 Å². The van der Waals surface area contributed by atoms with E-state index >= 15 is 0 Å². The molecule has 1 saturated carbocycles. The number of nitrogens with zero attached hydrogens (tertiary/aromatic N) is 1. The predicted octanol–water partition coefficient (Wildman–Crippen LogP) is 2.22. The van der Waals surface area contributed by atoms with Crippen LogP contribution >= 0.6 is 0 Å². The van der Waals surface area contributed by atoms with Crippen molar-refractivity contribution < 1.29 is 37.5 Å². The predicted molar refractivity (Wildman–Crippen MR) is 173 cm³/mol. The summed E-state index contributed by atoms with van der Waals surface area (Å²) in [4.78, 5) is 52.4. The summed E-state index contributed by atoms with van der Waals surface area (Å²) in [5.74, 6) is -4.45. The maximum absolute atomic E-state index is 13.9. The number of rotatable bonds is 14. The molecule has 0 heterocycles. The van der Waals surface area contributed by atoms with Crippen LogP contribution in [0.3, 0.4) is 0 Å². The Morgan fingerprint density at radius 3 is 1.98 bits per heavy atom. The average Bonchev–Trinajstić information content (AvgIpc) is 3.04. The molecule has 0 aliphatic heterocycles. The zero-order valence-electron chi connectivity index (χ0n) is 26.3. The van der Waals surface area contributed by atoms with E-state index in [2.05, 4.69) is 15.6 Å². The molecular weight excluding hydrogens is 633 g/mol. The number of carbonyl (C=O) groups excluding carboxylic acids is 3. The van der Waals surface area contributed by atoms with Crippen molar-refractivity contribution in [1.29, 1.82) is 5.41 Å². The fourth-order valence-corrected chi connectivity index (χ4v) is 5.32. The summed E-state index contributed by atoms with van der Waals surface area (Å²) >= 11 is 0. The summed E-state index contributed by atoms with van der Waals surface area (Å²) in [6.45, 7) is 0.289. The number of carboxylic acid groups (broad SMARTS) is 1. The molecule has 3 atom stereocenters. The lowest BCUT2D eigenvalue weighted by Gasteiger charge is -2.31. The van der Waals surface area contributed by atoms with Crippen LogP contribution in [-0.4, -0.2) is 59.4 Å². The lowest BCUT2D eigenvalue weighted by molar-refractivity contribution is -0.192. The van der Waals surface area contributed by atoms with E-state index < -0.39 is 36.0 Å². The number of guanidine groups is 1. The largest absolute Gasteiger partial charge is 0.490 e. The van der Waals surface area contributed by atoms with Crippen molar-refractivity contribution >= 4 is 35.5 Å². The highest BCUT2D eigenvalue weighted by Crippen LogP contribution is 2.33. The second kappa shape index (κ2) is 18.9. The Kier molecular flexibility index (Phi) is 15.3. The van der Waals surface area contributed by atoms with Crippen LogP contribution in [0, 0.1) is 17.2 Å². The minimum atomic E-state index is -5.08. The number of amidine groups is 1. The Balaban J connectivity index is 0.00000103. The van der Waals surface area contributed by atoms with Crippen LogP contribution in [0.2, 0.25) is 0 Å². The molecule has 3 rings (SSSR count). The lowest BCUT2D eigenvalue weighted by Crippen LogP contribution is -2.50. The van der Waals surface area contributed by atoms with E-state index in [9.17, 15) is 27.6 Å². The van der Waals surface area contributed by atoms with Crippen molar-refractivity contribution in [3.63, 3.8) is 0 Å². The zero-order chi connectivity index (χ0) is 35.9. The number of nitrogen functional groups attached to an aromatic ring is 1. The van der Waals surface area contributed by atoms with Crippen molar-refractivity contribution in [2.24, 2.45) is 39.8 Å². The highest BCUT2D eigenvalue weighted by atomic mass is 19.4. The number of carboxylic acids is 1. The summed E-state index contributed by atoms with van der Waals surface area (Å²) in [5.41, 5.74) is 24.1. The van der Waals surface area contributed by atoms with Crippen LogP contribution in [-0.2, 0) is 25.6 Å². The number of primary amides is 1. The highest BCUT2D eigenvalue weighted by molar-refractivity contribution is 5.95. The Morgan fingerprint density at radius 2 is 1.48 bits per heavy atom. The quantitative estimate of drug-likeness (QED) is 0.0834. The van der Waals surface area contributed by atoms with E-state index in [1.54, 1.807) is 36.4 Å². The molecule has 1 aliphatic carbocycles. The van der Waals surface area contributed by atoms with Crippen LogP contribution in [0.25, 0.3) is 0 Å². The minimum absolute atomic E-state index is 0.0136. The third-order valence-corrected chi connectivity index (χ3v) is 7.81. The summed E-state index contributed by atoms with van der Waals surface area (Å²) in [6.07, 6.45) is 1.21. The van der Waals surface area contributed by atoms with E-state index in [0.29, 0.717) is 24.0 Å². The normalized spacial score (nSPS) is 15.0. The van der Waals surface area contributed by atoms with Crippen LogP contribution < -0.4 is 33.6 Å². The summed E-state index contributed by atoms with van der Waals surface area (Å²) in [7, 11) is 0. The Bertz CT molecular complexity index is 1410. The van der Waals surface area contributed by atoms with Gasteiger partial charge >= 0.3 is 12.1 Å². The second-order valence-corrected chi connectivity index (χ2v) is 11.4. The molecule has 48 heavy (non-hydrogen) atoms. The topological polar surface area (TPSA) is 253 Å². The first kappa shape index (κ1) is 39.0. The number of nitrogens with two attached hydrogens (primary N) is 4. The molecule has 16 heteroatoms. The maximum atomic E-state index is 13.9. The van der Waals surface area contributed by atoms with Crippen LogP contribution in [0.1, 0.15) is 67.7 Å². The number of aliphatic imine (C=N–C) groups is 1. The molecule has 0 saturated heterocycles. The van der Waals surface area contributed by atoms with Gasteiger partial charge in [0.25, 0.3) is 0 Å². The lowest BCUT2D eigenvalue weighted by atomic mass is 9.76. The van der Waals surface area contributed by atoms with Gasteiger partial charge in [0.05, 0.1) is 0 Å². The number of amides is 3. The van der Waals surface area contributed by atoms with Crippen molar-refractivity contribution in [2.45, 2.75) is 69.6 Å². The van der Waals surface area contributed by atoms with E-state index in [1.807, 2.05) is 18.2 Å². The molecule has 1 fully saturated rings. The number of halogens is 3. The molecule has 0 unspecified atom stereocenters. The van der Waals surface area contributed by atoms with Gasteiger partial charge in [0, 0.05) is 18.0 Å². The Hall–Kier alpha value is -5.15. The third kappa shape index (κ3) is 13.3. The van der Waals surface area contributed by atoms with Gasteiger partial charge in [-0.3, -0.25) is 24.8 Å². The molecule has 3 amide bonds. The molecule has 0 bridgehead atoms. The fraction of sp³-hybridized carbons (Fsp3) is 0.438. The average molecular weight is 677 g/mol. The van der Waals surface area contributed by atoms with Gasteiger partial charge in [0.15, 0.2) is 5.96 Å². The van der Waals surface area contributed by atoms with Gasteiger partial charge in [-0.2, -0.15) is 13.2 Å². The standard InChI is InChI=1S/C30H42N8O3.C2HF3O2/c31-26(32)22-15-13-19(14-16-22)18-23(20-8-3-1-4-9-20)28(40)38-25(21-10-5-2-6-11-21)29(41)37-24(27(33)39)12-7-17-36-30(34)35;3-2(4,5)1(6)7/h2,5-6,10-11,13-16,20,23-25H,1,3-4,7-9,12,17-18H2,(H3,31,32)(H2,33,39)(H,37,41)(H,38,40)(H4,34,35,36);(H,6,7)/t23-,24+,25+;/m1./s1. The minimum Gasteiger partial charge on any atom is -0.475 e. The number of alkyl halides is 3. The van der Waals surface area contributed by atoms with Gasteiger partial charge < -0.3 is 38.7 Å². The Labute approximate surface area is 276 Å². The molecule has 12 N–H and O–H groups in total. The first-order chi connectivity index (χ1) is 22.6. The smallest absolute Gasteiger partial charge is 0.475 e. The zero-order valence-corrected chi connectivity index (χ0v) is 26.3. The molecule has 13 nitrogen and oxygen atoms in total. The summed E-state index contributed by atoms with van der Waals surface area (Å²) < 4.78 is 31.7. The van der Waals surface area contributed by atoms with E-state index in [-0.39, 0.29) is 42.5 Å². The third-order valence-electron chi connectivity index (χ3n) is 7.81. The monoisotopic (exact) mass is 676 g/mol. The molecule has 0 radical (unpaired) electrons. The molecule has 2 aromatic rings. The van der Waals surface area contributed by atoms with Gasteiger partial charge in [0.2, 0.25) is 17.7 Å². The van der Waals surface area contributed by atoms with E-state index in [1.165, 1.54) is 0 Å². The molecule has 0 spiro atoms. The van der Waals surface area contributed by atoms with E-state index in [0.717, 1.165) is 37.7 Å². The highest BCUT2D eigenvalue weighted by Gasteiger charge is 2.38. The SMILES string of the molecule is N=C(N)c1ccc(C[C@@H](C(=O)N[C@H](C(=O)N[C@@H](CCCN=C(N)N)C(N)=O)c2ccccc2)C2CCCCC2)cc1.O=C(O)C(F)(F)F. The van der Waals surface area contributed by atoms with Crippen molar-refractivity contribution in [3.8, 4) is 0 Å². The number of aliphatic carboxylic acids is 1. The summed E-state index contributed by atoms with van der Waals surface area (Å²) in [5, 5.41) is 20.5. The van der Waals surface area contributed by atoms with Gasteiger partial charge in [0.1, 0.15) is 17.9 Å². The molecule has 1 aliphatic rings. The number of carbonyl (C=O) groups is 4. The first-order valence-electron chi connectivity index (χ1n) is 15.3.